The molecule has 1 heterocycles. The summed E-state index contributed by atoms with van der Waals surface area (Å²) in [6.07, 6.45) is 9.23. The van der Waals surface area contributed by atoms with Crippen LogP contribution in [0, 0.1) is 12.3 Å². The smallest absolute Gasteiger partial charge is 0.336 e. The lowest BCUT2D eigenvalue weighted by Crippen LogP contribution is -2.58. The minimum atomic E-state index is -3.89. The fourth-order valence-electron chi connectivity index (χ4n) is 2.76. The van der Waals surface area contributed by atoms with Crippen LogP contribution in [0.2, 0.25) is 0 Å². The third-order valence-corrected chi connectivity index (χ3v) is 6.00. The Morgan fingerprint density at radius 2 is 2.00 bits per heavy atom. The Hall–Kier alpha value is -2.30. The molecular weight excluding hydrogens is 340 g/mol. The van der Waals surface area contributed by atoms with E-state index >= 15 is 0 Å². The van der Waals surface area contributed by atoms with Crippen molar-refractivity contribution in [1.29, 1.82) is 0 Å². The van der Waals surface area contributed by atoms with Crippen molar-refractivity contribution in [3.63, 3.8) is 0 Å². The molecule has 25 heavy (non-hydrogen) atoms. The van der Waals surface area contributed by atoms with Crippen LogP contribution in [0.1, 0.15) is 25.3 Å². The predicted molar refractivity (Wildman–Crippen MR) is 95.3 cm³/mol. The van der Waals surface area contributed by atoms with Gasteiger partial charge in [-0.05, 0) is 25.0 Å². The number of esters is 1. The molecule has 0 spiro atoms. The van der Waals surface area contributed by atoms with Crippen molar-refractivity contribution in [2.24, 2.45) is 0 Å². The fraction of sp³-hybridized carbons (Fsp3) is 0.389. The topological polar surface area (TPSA) is 66.9 Å². The standard InChI is InChI=1S/C18H22N2O4S/c1-4-6-10-14-20-15-13-18(17(21)24-5-2,19(3)25(20,22)23)16-11-8-7-9-12-16/h1,7-9,11-13,15H,5-6,10,14H2,2-3H3. The van der Waals surface area contributed by atoms with E-state index in [-0.39, 0.29) is 13.2 Å². The van der Waals surface area contributed by atoms with Crippen molar-refractivity contribution in [1.82, 2.24) is 8.61 Å². The van der Waals surface area contributed by atoms with Crippen molar-refractivity contribution < 1.29 is 17.9 Å². The van der Waals surface area contributed by atoms with Gasteiger partial charge in [-0.1, -0.05) is 30.3 Å². The molecule has 1 aliphatic heterocycles. The molecule has 0 bridgehead atoms. The van der Waals surface area contributed by atoms with E-state index in [1.165, 1.54) is 17.6 Å². The summed E-state index contributed by atoms with van der Waals surface area (Å²) in [5.74, 6) is 1.86. The maximum absolute atomic E-state index is 12.9. The van der Waals surface area contributed by atoms with Crippen LogP contribution in [-0.2, 0) is 25.3 Å². The first-order valence-electron chi connectivity index (χ1n) is 8.02. The lowest BCUT2D eigenvalue weighted by atomic mass is 9.89. The number of carbonyl (C=O) groups excluding carboxylic acids is 1. The quantitative estimate of drug-likeness (QED) is 0.440. The number of nitrogens with zero attached hydrogens (tertiary/aromatic N) is 2. The highest BCUT2D eigenvalue weighted by molar-refractivity contribution is 7.86. The average Bonchev–Trinajstić information content (AvgIpc) is 2.60. The highest BCUT2D eigenvalue weighted by Crippen LogP contribution is 2.37. The van der Waals surface area contributed by atoms with Crippen LogP contribution in [0.3, 0.4) is 0 Å². The van der Waals surface area contributed by atoms with Gasteiger partial charge in [0.1, 0.15) is 0 Å². The number of benzene rings is 1. The average molecular weight is 362 g/mol. The second-order valence-corrected chi connectivity index (χ2v) is 7.47. The highest BCUT2D eigenvalue weighted by Gasteiger charge is 2.52. The number of likely N-dealkylation sites (N-methyl/N-ethyl adjacent to an activating group) is 1. The Kier molecular flexibility index (Phi) is 5.88. The summed E-state index contributed by atoms with van der Waals surface area (Å²) >= 11 is 0. The lowest BCUT2D eigenvalue weighted by Gasteiger charge is -2.42. The molecule has 0 fully saturated rings. The second kappa shape index (κ2) is 7.72. The number of carbonyl (C=O) groups is 1. The Morgan fingerprint density at radius 1 is 1.32 bits per heavy atom. The third kappa shape index (κ3) is 3.41. The van der Waals surface area contributed by atoms with E-state index in [1.54, 1.807) is 43.3 Å². The molecule has 7 heteroatoms. The second-order valence-electron chi connectivity index (χ2n) is 5.56. The Morgan fingerprint density at radius 3 is 2.60 bits per heavy atom. The van der Waals surface area contributed by atoms with Gasteiger partial charge >= 0.3 is 16.2 Å². The molecule has 0 amide bonds. The van der Waals surface area contributed by atoms with Gasteiger partial charge in [0.15, 0.2) is 5.54 Å². The minimum Gasteiger partial charge on any atom is -0.464 e. The maximum atomic E-state index is 12.9. The first-order chi connectivity index (χ1) is 11.9. The number of unbranched alkanes of at least 4 members (excludes halogenated alkanes) is 1. The van der Waals surface area contributed by atoms with Crippen molar-refractivity contribution in [3.05, 3.63) is 48.2 Å². The molecule has 1 aromatic rings. The number of ether oxygens (including phenoxy) is 1. The Bertz CT molecular complexity index is 783. The molecule has 1 atom stereocenters. The summed E-state index contributed by atoms with van der Waals surface area (Å²) in [6, 6.07) is 8.73. The zero-order valence-corrected chi connectivity index (χ0v) is 15.2. The molecular formula is C18H22N2O4S. The molecule has 0 aromatic heterocycles. The SMILES string of the molecule is C#CCCCN1C=CC(C(=O)OCC)(c2ccccc2)N(C)S1(=O)=O. The molecule has 1 aliphatic rings. The fourth-order valence-corrected chi connectivity index (χ4v) is 4.26. The molecule has 0 N–H and O–H groups in total. The summed E-state index contributed by atoms with van der Waals surface area (Å²) in [6.45, 7) is 2.09. The van der Waals surface area contributed by atoms with Gasteiger partial charge in [0.25, 0.3) is 0 Å². The lowest BCUT2D eigenvalue weighted by molar-refractivity contribution is -0.152. The van der Waals surface area contributed by atoms with Crippen LogP contribution >= 0.6 is 0 Å². The molecule has 134 valence electrons. The monoisotopic (exact) mass is 362 g/mol. The maximum Gasteiger partial charge on any atom is 0.336 e. The van der Waals surface area contributed by atoms with Crippen LogP contribution in [0.5, 0.6) is 0 Å². The zero-order chi connectivity index (χ0) is 18.5. The summed E-state index contributed by atoms with van der Waals surface area (Å²) in [5, 5.41) is 0. The van der Waals surface area contributed by atoms with E-state index in [0.717, 1.165) is 4.31 Å². The zero-order valence-electron chi connectivity index (χ0n) is 14.4. The van der Waals surface area contributed by atoms with Crippen molar-refractivity contribution in [3.8, 4) is 12.3 Å². The normalized spacial score (nSPS) is 22.4. The van der Waals surface area contributed by atoms with Gasteiger partial charge in [0.2, 0.25) is 0 Å². The van der Waals surface area contributed by atoms with Crippen LogP contribution in [0.4, 0.5) is 0 Å². The van der Waals surface area contributed by atoms with E-state index in [9.17, 15) is 13.2 Å². The van der Waals surface area contributed by atoms with Crippen molar-refractivity contribution in [2.45, 2.75) is 25.3 Å². The van der Waals surface area contributed by atoms with Gasteiger partial charge in [-0.2, -0.15) is 12.7 Å². The van der Waals surface area contributed by atoms with E-state index < -0.39 is 21.7 Å². The van der Waals surface area contributed by atoms with E-state index in [2.05, 4.69) is 5.92 Å². The Balaban J connectivity index is 2.53. The summed E-state index contributed by atoms with van der Waals surface area (Å²) in [5.41, 5.74) is -1.00. The predicted octanol–water partition coefficient (Wildman–Crippen LogP) is 1.86. The van der Waals surface area contributed by atoms with Gasteiger partial charge in [0, 0.05) is 26.2 Å². The van der Waals surface area contributed by atoms with Gasteiger partial charge < -0.3 is 4.74 Å². The van der Waals surface area contributed by atoms with Gasteiger partial charge in [-0.25, -0.2) is 4.79 Å². The molecule has 0 saturated heterocycles. The number of hydrogen-bond acceptors (Lipinski definition) is 4. The van der Waals surface area contributed by atoms with Gasteiger partial charge in [0.05, 0.1) is 6.61 Å². The molecule has 6 nitrogen and oxygen atoms in total. The first-order valence-corrected chi connectivity index (χ1v) is 9.42. The summed E-state index contributed by atoms with van der Waals surface area (Å²) in [4.78, 5) is 12.8. The number of terminal acetylenes is 1. The molecule has 1 aromatic carbocycles. The third-order valence-electron chi connectivity index (χ3n) is 4.12. The number of rotatable bonds is 6. The van der Waals surface area contributed by atoms with Crippen molar-refractivity contribution in [2.75, 3.05) is 20.2 Å². The van der Waals surface area contributed by atoms with Crippen LogP contribution in [0.15, 0.2) is 42.6 Å². The van der Waals surface area contributed by atoms with Crippen molar-refractivity contribution >= 4 is 16.2 Å². The summed E-state index contributed by atoms with van der Waals surface area (Å²) in [7, 11) is -2.51. The van der Waals surface area contributed by atoms with Crippen LogP contribution in [-0.4, -0.2) is 43.2 Å². The van der Waals surface area contributed by atoms with E-state index in [1.807, 2.05) is 0 Å². The molecule has 0 aliphatic carbocycles. The number of hydrogen-bond donors (Lipinski definition) is 0. The Labute approximate surface area is 149 Å². The van der Waals surface area contributed by atoms with E-state index in [4.69, 9.17) is 11.2 Å². The van der Waals surface area contributed by atoms with Gasteiger partial charge in [-0.3, -0.25) is 4.31 Å². The molecule has 0 saturated carbocycles. The van der Waals surface area contributed by atoms with Crippen LogP contribution in [0.25, 0.3) is 0 Å². The highest BCUT2D eigenvalue weighted by atomic mass is 32.2. The largest absolute Gasteiger partial charge is 0.464 e. The van der Waals surface area contributed by atoms with Gasteiger partial charge in [-0.15, -0.1) is 12.3 Å². The van der Waals surface area contributed by atoms with Crippen LogP contribution < -0.4 is 0 Å². The van der Waals surface area contributed by atoms with E-state index in [0.29, 0.717) is 18.4 Å². The molecule has 0 radical (unpaired) electrons. The first kappa shape index (κ1) is 19.0. The molecule has 2 rings (SSSR count). The minimum absolute atomic E-state index is 0.154. The molecule has 1 unspecified atom stereocenters. The summed E-state index contributed by atoms with van der Waals surface area (Å²) < 4.78 is 33.3.